The highest BCUT2D eigenvalue weighted by atomic mass is 16.3. The summed E-state index contributed by atoms with van der Waals surface area (Å²) < 4.78 is 0. The molecule has 0 saturated heterocycles. The summed E-state index contributed by atoms with van der Waals surface area (Å²) in [4.78, 5) is 0. The minimum absolute atomic E-state index is 0.397. The van der Waals surface area contributed by atoms with Gasteiger partial charge in [0.15, 0.2) is 0 Å². The van der Waals surface area contributed by atoms with Gasteiger partial charge in [-0.1, -0.05) is 11.6 Å². The molecule has 1 rings (SSSR count). The molecule has 0 aromatic carbocycles. The van der Waals surface area contributed by atoms with Crippen LogP contribution in [0.2, 0.25) is 0 Å². The van der Waals surface area contributed by atoms with E-state index in [-0.39, 0.29) is 0 Å². The summed E-state index contributed by atoms with van der Waals surface area (Å²) in [5.41, 5.74) is 0.952. The molecule has 1 aliphatic carbocycles. The van der Waals surface area contributed by atoms with E-state index in [0.29, 0.717) is 5.92 Å². The third kappa shape index (κ3) is 2.98. The van der Waals surface area contributed by atoms with Crippen molar-refractivity contribution in [3.05, 3.63) is 11.6 Å². The van der Waals surface area contributed by atoms with Gasteiger partial charge in [0.1, 0.15) is 0 Å². The van der Waals surface area contributed by atoms with E-state index >= 15 is 0 Å². The average molecular weight is 168 g/mol. The van der Waals surface area contributed by atoms with E-state index in [1.54, 1.807) is 0 Å². The zero-order chi connectivity index (χ0) is 9.19. The van der Waals surface area contributed by atoms with Crippen LogP contribution in [0.25, 0.3) is 0 Å². The summed E-state index contributed by atoms with van der Waals surface area (Å²) in [7, 11) is 0. The third-order valence-electron chi connectivity index (χ3n) is 2.66. The second-order valence-electron chi connectivity index (χ2n) is 4.45. The molecular weight excluding hydrogens is 148 g/mol. The first-order chi connectivity index (χ1) is 5.52. The topological polar surface area (TPSA) is 20.2 Å². The van der Waals surface area contributed by atoms with E-state index in [9.17, 15) is 5.11 Å². The second kappa shape index (κ2) is 3.61. The van der Waals surface area contributed by atoms with E-state index < -0.39 is 5.60 Å². The Balaban J connectivity index is 2.25. The Morgan fingerprint density at radius 1 is 1.50 bits per heavy atom. The number of hydrogen-bond acceptors (Lipinski definition) is 1. The fraction of sp³-hybridized carbons (Fsp3) is 0.818. The minimum Gasteiger partial charge on any atom is -0.390 e. The molecule has 0 bridgehead atoms. The largest absolute Gasteiger partial charge is 0.390 e. The summed E-state index contributed by atoms with van der Waals surface area (Å²) in [6.07, 6.45) is 6.59. The molecule has 70 valence electrons. The van der Waals surface area contributed by atoms with Crippen LogP contribution < -0.4 is 0 Å². The Kier molecular flexibility index (Phi) is 2.94. The van der Waals surface area contributed by atoms with Gasteiger partial charge in [-0.2, -0.15) is 0 Å². The van der Waals surface area contributed by atoms with Crippen LogP contribution in [-0.2, 0) is 0 Å². The predicted octanol–water partition coefficient (Wildman–Crippen LogP) is 2.89. The number of aliphatic hydroxyl groups is 1. The maximum Gasteiger partial charge on any atom is 0.0650 e. The summed E-state index contributed by atoms with van der Waals surface area (Å²) in [6, 6.07) is 0. The Bertz CT molecular complexity index is 171. The van der Waals surface area contributed by atoms with Gasteiger partial charge in [0, 0.05) is 0 Å². The van der Waals surface area contributed by atoms with E-state index in [4.69, 9.17) is 0 Å². The average Bonchev–Trinajstić information content (AvgIpc) is 2.65. The molecule has 1 atom stereocenters. The zero-order valence-corrected chi connectivity index (χ0v) is 8.43. The van der Waals surface area contributed by atoms with E-state index in [1.165, 1.54) is 18.4 Å². The van der Waals surface area contributed by atoms with E-state index in [2.05, 4.69) is 19.9 Å². The van der Waals surface area contributed by atoms with Crippen LogP contribution in [0, 0.1) is 5.92 Å². The lowest BCUT2D eigenvalue weighted by Gasteiger charge is -2.21. The smallest absolute Gasteiger partial charge is 0.0650 e. The van der Waals surface area contributed by atoms with Crippen molar-refractivity contribution in [2.45, 2.75) is 52.1 Å². The lowest BCUT2D eigenvalue weighted by molar-refractivity contribution is 0.0290. The molecule has 1 heteroatoms. The van der Waals surface area contributed by atoms with Crippen LogP contribution in [0.1, 0.15) is 46.5 Å². The summed E-state index contributed by atoms with van der Waals surface area (Å²) in [6.45, 7) is 6.18. The monoisotopic (exact) mass is 168 g/mol. The fourth-order valence-corrected chi connectivity index (χ4v) is 1.56. The van der Waals surface area contributed by atoms with Gasteiger partial charge < -0.3 is 5.11 Å². The van der Waals surface area contributed by atoms with Crippen molar-refractivity contribution >= 4 is 0 Å². The number of hydrogen-bond donors (Lipinski definition) is 1. The Morgan fingerprint density at radius 2 is 2.08 bits per heavy atom. The van der Waals surface area contributed by atoms with Gasteiger partial charge in [0.05, 0.1) is 5.60 Å². The van der Waals surface area contributed by atoms with Crippen LogP contribution in [0.5, 0.6) is 0 Å². The fourth-order valence-electron chi connectivity index (χ4n) is 1.56. The molecule has 0 spiro atoms. The maximum atomic E-state index is 9.94. The Hall–Kier alpha value is -0.300. The van der Waals surface area contributed by atoms with Crippen LogP contribution in [-0.4, -0.2) is 10.7 Å². The molecule has 0 aromatic rings. The van der Waals surface area contributed by atoms with Crippen molar-refractivity contribution in [1.29, 1.82) is 0 Å². The molecule has 0 amide bonds. The quantitative estimate of drug-likeness (QED) is 0.640. The van der Waals surface area contributed by atoms with Gasteiger partial charge in [-0.3, -0.25) is 0 Å². The van der Waals surface area contributed by atoms with Gasteiger partial charge in [-0.05, 0) is 52.4 Å². The first-order valence-electron chi connectivity index (χ1n) is 4.88. The molecule has 1 saturated carbocycles. The first kappa shape index (κ1) is 9.79. The minimum atomic E-state index is -0.397. The molecule has 1 N–H and O–H groups in total. The lowest BCUT2D eigenvalue weighted by Crippen LogP contribution is -2.26. The van der Waals surface area contributed by atoms with Crippen LogP contribution in [0.3, 0.4) is 0 Å². The van der Waals surface area contributed by atoms with Gasteiger partial charge >= 0.3 is 0 Å². The highest BCUT2D eigenvalue weighted by Crippen LogP contribution is 2.41. The van der Waals surface area contributed by atoms with E-state index in [1.807, 2.05) is 6.92 Å². The first-order valence-corrected chi connectivity index (χ1v) is 4.88. The molecule has 1 aliphatic rings. The Morgan fingerprint density at radius 3 is 2.50 bits per heavy atom. The van der Waals surface area contributed by atoms with Gasteiger partial charge in [0.25, 0.3) is 0 Å². The van der Waals surface area contributed by atoms with Gasteiger partial charge in [-0.25, -0.2) is 0 Å². The molecule has 1 nitrogen and oxygen atoms in total. The number of allylic oxidation sites excluding steroid dienone is 2. The predicted molar refractivity (Wildman–Crippen MR) is 52.0 cm³/mol. The van der Waals surface area contributed by atoms with Crippen molar-refractivity contribution in [3.63, 3.8) is 0 Å². The summed E-state index contributed by atoms with van der Waals surface area (Å²) >= 11 is 0. The third-order valence-corrected chi connectivity index (χ3v) is 2.66. The maximum absolute atomic E-state index is 9.94. The normalized spacial score (nSPS) is 21.7. The molecule has 1 unspecified atom stereocenters. The molecule has 0 aliphatic heterocycles. The molecule has 0 heterocycles. The van der Waals surface area contributed by atoms with Crippen LogP contribution in [0.15, 0.2) is 11.6 Å². The Labute approximate surface area is 75.5 Å². The standard InChI is InChI=1S/C11H20O/c1-9(2)5-4-8-11(3,12)10-6-7-10/h5,10,12H,4,6-8H2,1-3H3. The summed E-state index contributed by atoms with van der Waals surface area (Å²) in [5.74, 6) is 0.586. The van der Waals surface area contributed by atoms with Crippen molar-refractivity contribution in [3.8, 4) is 0 Å². The highest BCUT2D eigenvalue weighted by molar-refractivity contribution is 4.97. The van der Waals surface area contributed by atoms with Crippen LogP contribution >= 0.6 is 0 Å². The zero-order valence-electron chi connectivity index (χ0n) is 8.43. The molecule has 0 aromatic heterocycles. The van der Waals surface area contributed by atoms with Crippen molar-refractivity contribution < 1.29 is 5.11 Å². The van der Waals surface area contributed by atoms with Crippen molar-refractivity contribution in [1.82, 2.24) is 0 Å². The van der Waals surface area contributed by atoms with Crippen molar-refractivity contribution in [2.75, 3.05) is 0 Å². The van der Waals surface area contributed by atoms with E-state index in [0.717, 1.165) is 12.8 Å². The second-order valence-corrected chi connectivity index (χ2v) is 4.45. The SMILES string of the molecule is CC(C)=CCCC(C)(O)C1CC1. The molecular formula is C11H20O. The van der Waals surface area contributed by atoms with Gasteiger partial charge in [0.2, 0.25) is 0 Å². The highest BCUT2D eigenvalue weighted by Gasteiger charge is 2.38. The number of rotatable bonds is 4. The lowest BCUT2D eigenvalue weighted by atomic mass is 9.94. The molecule has 1 fully saturated rings. The van der Waals surface area contributed by atoms with Crippen molar-refractivity contribution in [2.24, 2.45) is 5.92 Å². The van der Waals surface area contributed by atoms with Crippen LogP contribution in [0.4, 0.5) is 0 Å². The van der Waals surface area contributed by atoms with Gasteiger partial charge in [-0.15, -0.1) is 0 Å². The molecule has 0 radical (unpaired) electrons. The summed E-state index contributed by atoms with van der Waals surface area (Å²) in [5, 5.41) is 9.94. The molecule has 12 heavy (non-hydrogen) atoms.